The number of aliphatic hydroxyl groups is 1. The molecule has 2 rings (SSSR count). The third-order valence-corrected chi connectivity index (χ3v) is 2.74. The van der Waals surface area contributed by atoms with Crippen molar-refractivity contribution in [1.82, 2.24) is 14.9 Å². The Morgan fingerprint density at radius 2 is 2.50 bits per heavy atom. The monoisotopic (exact) mass is 195 g/mol. The van der Waals surface area contributed by atoms with Crippen LogP contribution in [0.2, 0.25) is 0 Å². The molecule has 1 fully saturated rings. The average molecular weight is 195 g/mol. The molecule has 1 heterocycles. The number of aliphatic hydroxyl groups excluding tert-OH is 1. The van der Waals surface area contributed by atoms with Crippen LogP contribution >= 0.6 is 0 Å². The molecule has 1 aromatic rings. The molecule has 0 radical (unpaired) electrons. The second-order valence-corrected chi connectivity index (χ2v) is 4.02. The smallest absolute Gasteiger partial charge is 0.0946 e. The van der Waals surface area contributed by atoms with Gasteiger partial charge in [0.2, 0.25) is 0 Å². The van der Waals surface area contributed by atoms with E-state index in [0.29, 0.717) is 0 Å². The van der Waals surface area contributed by atoms with Crippen LogP contribution < -0.4 is 5.32 Å². The molecule has 1 aromatic heterocycles. The summed E-state index contributed by atoms with van der Waals surface area (Å²) in [5.41, 5.74) is 1.05. The van der Waals surface area contributed by atoms with E-state index >= 15 is 0 Å². The van der Waals surface area contributed by atoms with Crippen molar-refractivity contribution in [3.63, 3.8) is 0 Å². The molecule has 1 atom stereocenters. The maximum atomic E-state index is 9.25. The summed E-state index contributed by atoms with van der Waals surface area (Å²) in [5, 5.41) is 12.6. The number of aromatic nitrogens is 2. The van der Waals surface area contributed by atoms with Gasteiger partial charge in [-0.05, 0) is 25.3 Å². The van der Waals surface area contributed by atoms with E-state index in [-0.39, 0.29) is 12.6 Å². The van der Waals surface area contributed by atoms with Crippen molar-refractivity contribution in [3.05, 3.63) is 18.2 Å². The van der Waals surface area contributed by atoms with E-state index in [4.69, 9.17) is 0 Å². The zero-order valence-corrected chi connectivity index (χ0v) is 8.48. The maximum absolute atomic E-state index is 9.25. The summed E-state index contributed by atoms with van der Waals surface area (Å²) < 4.78 is 1.95. The van der Waals surface area contributed by atoms with Crippen molar-refractivity contribution in [2.45, 2.75) is 18.9 Å². The quantitative estimate of drug-likeness (QED) is 0.717. The summed E-state index contributed by atoms with van der Waals surface area (Å²) in [7, 11) is 1.95. The molecule has 1 aliphatic carbocycles. The fourth-order valence-corrected chi connectivity index (χ4v) is 1.60. The van der Waals surface area contributed by atoms with Gasteiger partial charge in [0, 0.05) is 13.2 Å². The zero-order valence-electron chi connectivity index (χ0n) is 8.48. The van der Waals surface area contributed by atoms with Crippen LogP contribution in [0.1, 0.15) is 24.6 Å². The Balaban J connectivity index is 1.93. The molecular weight excluding hydrogens is 178 g/mol. The van der Waals surface area contributed by atoms with Crippen LogP contribution in [0.25, 0.3) is 0 Å². The Labute approximate surface area is 84.0 Å². The Hall–Kier alpha value is -0.870. The number of aryl methyl sites for hydroxylation is 1. The summed E-state index contributed by atoms with van der Waals surface area (Å²) >= 11 is 0. The van der Waals surface area contributed by atoms with Crippen LogP contribution in [0.3, 0.4) is 0 Å². The second kappa shape index (κ2) is 4.11. The zero-order chi connectivity index (χ0) is 9.97. The number of nitrogens with zero attached hydrogens (tertiary/aromatic N) is 2. The molecule has 1 unspecified atom stereocenters. The molecule has 0 saturated heterocycles. The highest BCUT2D eigenvalue weighted by Crippen LogP contribution is 2.28. The largest absolute Gasteiger partial charge is 0.394 e. The Morgan fingerprint density at radius 1 is 1.71 bits per heavy atom. The van der Waals surface area contributed by atoms with Crippen molar-refractivity contribution in [3.8, 4) is 0 Å². The highest BCUT2D eigenvalue weighted by molar-refractivity contribution is 5.05. The predicted octanol–water partition coefficient (Wildman–Crippen LogP) is 0.453. The van der Waals surface area contributed by atoms with E-state index < -0.39 is 0 Å². The maximum Gasteiger partial charge on any atom is 0.0946 e. The van der Waals surface area contributed by atoms with Gasteiger partial charge in [0.25, 0.3) is 0 Å². The number of nitrogens with one attached hydrogen (secondary N) is 1. The van der Waals surface area contributed by atoms with Crippen molar-refractivity contribution in [2.75, 3.05) is 13.2 Å². The highest BCUT2D eigenvalue weighted by Gasteiger charge is 2.23. The number of rotatable bonds is 5. The molecule has 1 aliphatic rings. The summed E-state index contributed by atoms with van der Waals surface area (Å²) in [6.45, 7) is 1.14. The molecule has 0 bridgehead atoms. The number of imidazole rings is 1. The standard InChI is InChI=1S/C10H17N3O/c1-13-7-11-5-10(13)9(6-14)12-4-8-2-3-8/h5,7-9,12,14H,2-4,6H2,1H3. The van der Waals surface area contributed by atoms with Gasteiger partial charge in [-0.25, -0.2) is 4.98 Å². The van der Waals surface area contributed by atoms with Crippen molar-refractivity contribution in [1.29, 1.82) is 0 Å². The van der Waals surface area contributed by atoms with Crippen molar-refractivity contribution in [2.24, 2.45) is 13.0 Å². The number of hydrogen-bond acceptors (Lipinski definition) is 3. The SMILES string of the molecule is Cn1cncc1C(CO)NCC1CC1. The Kier molecular flexibility index (Phi) is 2.84. The van der Waals surface area contributed by atoms with Crippen LogP contribution in [-0.2, 0) is 7.05 Å². The van der Waals surface area contributed by atoms with E-state index in [1.807, 2.05) is 11.6 Å². The van der Waals surface area contributed by atoms with Gasteiger partial charge in [-0.2, -0.15) is 0 Å². The molecule has 14 heavy (non-hydrogen) atoms. The van der Waals surface area contributed by atoms with Crippen LogP contribution in [0.5, 0.6) is 0 Å². The summed E-state index contributed by atoms with van der Waals surface area (Å²) in [5.74, 6) is 0.831. The molecule has 0 spiro atoms. The Bertz CT molecular complexity index is 293. The third kappa shape index (κ3) is 2.13. The molecule has 1 saturated carbocycles. The van der Waals surface area contributed by atoms with Gasteiger partial charge in [-0.3, -0.25) is 0 Å². The summed E-state index contributed by atoms with van der Waals surface area (Å²) in [6, 6.07) is 0.0306. The first-order valence-corrected chi connectivity index (χ1v) is 5.11. The lowest BCUT2D eigenvalue weighted by Gasteiger charge is -2.16. The normalized spacial score (nSPS) is 18.4. The van der Waals surface area contributed by atoms with Crippen LogP contribution in [0.4, 0.5) is 0 Å². The molecule has 0 amide bonds. The van der Waals surface area contributed by atoms with E-state index in [1.54, 1.807) is 12.5 Å². The van der Waals surface area contributed by atoms with Gasteiger partial charge in [-0.1, -0.05) is 0 Å². The third-order valence-electron chi connectivity index (χ3n) is 2.74. The van der Waals surface area contributed by atoms with Crippen LogP contribution in [-0.4, -0.2) is 27.8 Å². The molecule has 4 heteroatoms. The lowest BCUT2D eigenvalue weighted by molar-refractivity contribution is 0.239. The van der Waals surface area contributed by atoms with Crippen LogP contribution in [0.15, 0.2) is 12.5 Å². The van der Waals surface area contributed by atoms with Gasteiger partial charge in [-0.15, -0.1) is 0 Å². The van der Waals surface area contributed by atoms with E-state index in [1.165, 1.54) is 12.8 Å². The minimum absolute atomic E-state index is 0.0306. The van der Waals surface area contributed by atoms with Gasteiger partial charge in [0.1, 0.15) is 0 Å². The summed E-state index contributed by atoms with van der Waals surface area (Å²) in [6.07, 6.45) is 6.23. The predicted molar refractivity (Wildman–Crippen MR) is 53.8 cm³/mol. The second-order valence-electron chi connectivity index (χ2n) is 4.02. The van der Waals surface area contributed by atoms with E-state index in [2.05, 4.69) is 10.3 Å². The van der Waals surface area contributed by atoms with Crippen molar-refractivity contribution >= 4 is 0 Å². The van der Waals surface area contributed by atoms with Crippen LogP contribution in [0, 0.1) is 5.92 Å². The average Bonchev–Trinajstić information content (AvgIpc) is 2.92. The van der Waals surface area contributed by atoms with Gasteiger partial charge >= 0.3 is 0 Å². The van der Waals surface area contributed by atoms with Crippen molar-refractivity contribution < 1.29 is 5.11 Å². The molecule has 78 valence electrons. The van der Waals surface area contributed by atoms with E-state index in [9.17, 15) is 5.11 Å². The molecule has 0 aromatic carbocycles. The summed E-state index contributed by atoms with van der Waals surface area (Å²) in [4.78, 5) is 4.05. The molecule has 0 aliphatic heterocycles. The first-order chi connectivity index (χ1) is 6.81. The topological polar surface area (TPSA) is 50.1 Å². The molecular formula is C10H17N3O. The van der Waals surface area contributed by atoms with Gasteiger partial charge in [0.05, 0.1) is 24.7 Å². The fourth-order valence-electron chi connectivity index (χ4n) is 1.60. The first-order valence-electron chi connectivity index (χ1n) is 5.11. The lowest BCUT2D eigenvalue weighted by Crippen LogP contribution is -2.27. The first kappa shape index (κ1) is 9.68. The molecule has 4 nitrogen and oxygen atoms in total. The molecule has 2 N–H and O–H groups in total. The lowest BCUT2D eigenvalue weighted by atomic mass is 10.2. The Morgan fingerprint density at radius 3 is 3.00 bits per heavy atom. The number of hydrogen-bond donors (Lipinski definition) is 2. The minimum Gasteiger partial charge on any atom is -0.394 e. The van der Waals surface area contributed by atoms with E-state index in [0.717, 1.165) is 18.2 Å². The fraction of sp³-hybridized carbons (Fsp3) is 0.700. The van der Waals surface area contributed by atoms with Gasteiger partial charge in [0.15, 0.2) is 0 Å². The minimum atomic E-state index is 0.0306. The van der Waals surface area contributed by atoms with Gasteiger partial charge < -0.3 is 15.0 Å². The highest BCUT2D eigenvalue weighted by atomic mass is 16.3.